The van der Waals surface area contributed by atoms with Crippen LogP contribution in [0.25, 0.3) is 0 Å². The standard InChI is InChI=1S/C10H20O3S/c1-4-14-10-7(3)9(12)6(2)8(5-11)13-10/h6-12H,4-5H2,1-3H3/t6-,7?,8?,9+,10-/m1/s1. The zero-order valence-electron chi connectivity index (χ0n) is 9.01. The van der Waals surface area contributed by atoms with Crippen LogP contribution in [0, 0.1) is 11.8 Å². The molecule has 0 bridgehead atoms. The maximum atomic E-state index is 9.94. The zero-order valence-corrected chi connectivity index (χ0v) is 9.83. The van der Waals surface area contributed by atoms with Gasteiger partial charge in [0.15, 0.2) is 0 Å². The Morgan fingerprint density at radius 1 is 1.29 bits per heavy atom. The number of aliphatic hydroxyl groups excluding tert-OH is 2. The van der Waals surface area contributed by atoms with Crippen molar-refractivity contribution in [1.29, 1.82) is 0 Å². The molecule has 5 atom stereocenters. The van der Waals surface area contributed by atoms with E-state index in [0.717, 1.165) is 5.75 Å². The largest absolute Gasteiger partial charge is 0.394 e. The van der Waals surface area contributed by atoms with Crippen LogP contribution in [-0.4, -0.2) is 40.2 Å². The molecule has 2 unspecified atom stereocenters. The first kappa shape index (κ1) is 12.3. The maximum absolute atomic E-state index is 9.94. The Morgan fingerprint density at radius 2 is 1.93 bits per heavy atom. The van der Waals surface area contributed by atoms with E-state index in [4.69, 9.17) is 9.84 Å². The highest BCUT2D eigenvalue weighted by Gasteiger charge is 2.39. The Hall–Kier alpha value is 0.230. The zero-order chi connectivity index (χ0) is 10.7. The Kier molecular flexibility index (Phi) is 4.70. The highest BCUT2D eigenvalue weighted by molar-refractivity contribution is 7.99. The van der Waals surface area contributed by atoms with E-state index in [1.165, 1.54) is 0 Å². The fraction of sp³-hybridized carbons (Fsp3) is 1.00. The molecule has 1 heterocycles. The van der Waals surface area contributed by atoms with Gasteiger partial charge in [0.05, 0.1) is 18.8 Å². The molecule has 0 amide bonds. The molecule has 2 N–H and O–H groups in total. The van der Waals surface area contributed by atoms with Gasteiger partial charge in [-0.3, -0.25) is 0 Å². The van der Waals surface area contributed by atoms with Crippen molar-refractivity contribution in [2.24, 2.45) is 11.8 Å². The predicted octanol–water partition coefficient (Wildman–Crippen LogP) is 1.09. The van der Waals surface area contributed by atoms with Crippen LogP contribution in [0.3, 0.4) is 0 Å². The third-order valence-corrected chi connectivity index (χ3v) is 4.12. The van der Waals surface area contributed by atoms with E-state index in [1.54, 1.807) is 11.8 Å². The monoisotopic (exact) mass is 220 g/mol. The maximum Gasteiger partial charge on any atom is 0.108 e. The second kappa shape index (κ2) is 5.35. The van der Waals surface area contributed by atoms with Crippen LogP contribution in [-0.2, 0) is 4.74 Å². The van der Waals surface area contributed by atoms with Gasteiger partial charge in [-0.15, -0.1) is 11.8 Å². The quantitative estimate of drug-likeness (QED) is 0.747. The van der Waals surface area contributed by atoms with Gasteiger partial charge < -0.3 is 14.9 Å². The van der Waals surface area contributed by atoms with E-state index in [-0.39, 0.29) is 36.1 Å². The minimum atomic E-state index is -0.370. The van der Waals surface area contributed by atoms with Crippen LogP contribution in [0.4, 0.5) is 0 Å². The summed E-state index contributed by atoms with van der Waals surface area (Å²) < 4.78 is 5.72. The normalized spacial score (nSPS) is 43.9. The first-order valence-corrected chi connectivity index (χ1v) is 6.22. The molecular formula is C10H20O3S. The summed E-state index contributed by atoms with van der Waals surface area (Å²) in [5.74, 6) is 1.12. The van der Waals surface area contributed by atoms with Crippen molar-refractivity contribution in [2.45, 2.75) is 38.4 Å². The molecule has 1 rings (SSSR count). The molecule has 1 saturated heterocycles. The topological polar surface area (TPSA) is 49.7 Å². The van der Waals surface area contributed by atoms with Crippen LogP contribution >= 0.6 is 11.8 Å². The molecule has 0 aliphatic carbocycles. The van der Waals surface area contributed by atoms with E-state index in [0.29, 0.717) is 0 Å². The van der Waals surface area contributed by atoms with E-state index < -0.39 is 0 Å². The Labute approximate surface area is 89.8 Å². The number of ether oxygens (including phenoxy) is 1. The van der Waals surface area contributed by atoms with Crippen LogP contribution in [0.2, 0.25) is 0 Å². The Bertz CT molecular complexity index is 173. The summed E-state index contributed by atoms with van der Waals surface area (Å²) in [5.41, 5.74) is 0.0170. The SMILES string of the molecule is CCS[C@H]1OC(CO)[C@@H](C)[C@H](O)C1C. The highest BCUT2D eigenvalue weighted by Crippen LogP contribution is 2.35. The fourth-order valence-corrected chi connectivity index (χ4v) is 2.86. The fourth-order valence-electron chi connectivity index (χ4n) is 1.84. The number of thioether (sulfide) groups is 1. The van der Waals surface area contributed by atoms with Crippen molar-refractivity contribution in [1.82, 2.24) is 0 Å². The van der Waals surface area contributed by atoms with Crippen molar-refractivity contribution in [2.75, 3.05) is 12.4 Å². The highest BCUT2D eigenvalue weighted by atomic mass is 32.2. The van der Waals surface area contributed by atoms with Crippen LogP contribution in [0.15, 0.2) is 0 Å². The van der Waals surface area contributed by atoms with Gasteiger partial charge in [-0.1, -0.05) is 20.8 Å². The summed E-state index contributed by atoms with van der Waals surface area (Å²) in [7, 11) is 0. The first-order valence-electron chi connectivity index (χ1n) is 5.17. The molecule has 4 heteroatoms. The predicted molar refractivity (Wildman–Crippen MR) is 58.2 cm³/mol. The molecule has 0 spiro atoms. The number of hydrogen-bond donors (Lipinski definition) is 2. The van der Waals surface area contributed by atoms with E-state index in [9.17, 15) is 5.11 Å². The third kappa shape index (κ3) is 2.42. The molecule has 0 aromatic heterocycles. The first-order chi connectivity index (χ1) is 6.61. The van der Waals surface area contributed by atoms with Gasteiger partial charge in [0.25, 0.3) is 0 Å². The molecule has 1 aliphatic rings. The molecule has 1 fully saturated rings. The van der Waals surface area contributed by atoms with Gasteiger partial charge in [-0.05, 0) is 5.75 Å². The summed E-state index contributed by atoms with van der Waals surface area (Å²) in [5, 5.41) is 19.0. The molecule has 14 heavy (non-hydrogen) atoms. The summed E-state index contributed by atoms with van der Waals surface area (Å²) in [6, 6.07) is 0. The van der Waals surface area contributed by atoms with Gasteiger partial charge in [-0.2, -0.15) is 0 Å². The van der Waals surface area contributed by atoms with Crippen molar-refractivity contribution >= 4 is 11.8 Å². The average Bonchev–Trinajstić information content (AvgIpc) is 2.19. The molecule has 0 aromatic rings. The third-order valence-electron chi connectivity index (χ3n) is 2.91. The van der Waals surface area contributed by atoms with E-state index in [1.807, 2.05) is 13.8 Å². The van der Waals surface area contributed by atoms with Gasteiger partial charge in [0.2, 0.25) is 0 Å². The summed E-state index contributed by atoms with van der Waals surface area (Å²) in [4.78, 5) is 0. The molecular weight excluding hydrogens is 200 g/mol. The van der Waals surface area contributed by atoms with Crippen molar-refractivity contribution in [3.8, 4) is 0 Å². The molecule has 1 aliphatic heterocycles. The summed E-state index contributed by atoms with van der Waals surface area (Å²) >= 11 is 1.69. The van der Waals surface area contributed by atoms with Gasteiger partial charge in [0.1, 0.15) is 5.44 Å². The smallest absolute Gasteiger partial charge is 0.108 e. The minimum absolute atomic E-state index is 0.00821. The summed E-state index contributed by atoms with van der Waals surface area (Å²) in [6.45, 7) is 5.99. The molecule has 84 valence electrons. The molecule has 3 nitrogen and oxygen atoms in total. The molecule has 0 radical (unpaired) electrons. The lowest BCUT2D eigenvalue weighted by atomic mass is 9.87. The van der Waals surface area contributed by atoms with Gasteiger partial charge >= 0.3 is 0 Å². The minimum Gasteiger partial charge on any atom is -0.394 e. The van der Waals surface area contributed by atoms with Crippen molar-refractivity contribution in [3.63, 3.8) is 0 Å². The number of hydrogen-bond acceptors (Lipinski definition) is 4. The van der Waals surface area contributed by atoms with Crippen LogP contribution in [0.1, 0.15) is 20.8 Å². The lowest BCUT2D eigenvalue weighted by Crippen LogP contribution is -2.49. The van der Waals surface area contributed by atoms with E-state index >= 15 is 0 Å². The van der Waals surface area contributed by atoms with E-state index in [2.05, 4.69) is 6.92 Å². The lowest BCUT2D eigenvalue weighted by molar-refractivity contribution is -0.144. The summed E-state index contributed by atoms with van der Waals surface area (Å²) in [6.07, 6.45) is -0.588. The van der Waals surface area contributed by atoms with Crippen molar-refractivity contribution < 1.29 is 14.9 Å². The second-order valence-electron chi connectivity index (χ2n) is 3.89. The number of rotatable bonds is 3. The lowest BCUT2D eigenvalue weighted by Gasteiger charge is -2.41. The Balaban J connectivity index is 2.63. The molecule has 0 saturated carbocycles. The van der Waals surface area contributed by atoms with Gasteiger partial charge in [0, 0.05) is 11.8 Å². The Morgan fingerprint density at radius 3 is 2.43 bits per heavy atom. The average molecular weight is 220 g/mol. The number of aliphatic hydroxyl groups is 2. The van der Waals surface area contributed by atoms with Crippen molar-refractivity contribution in [3.05, 3.63) is 0 Å². The van der Waals surface area contributed by atoms with Crippen LogP contribution in [0.5, 0.6) is 0 Å². The van der Waals surface area contributed by atoms with Crippen LogP contribution < -0.4 is 0 Å². The second-order valence-corrected chi connectivity index (χ2v) is 5.26. The van der Waals surface area contributed by atoms with Gasteiger partial charge in [-0.25, -0.2) is 0 Å². The molecule has 0 aromatic carbocycles.